The Bertz CT molecular complexity index is 938. The van der Waals surface area contributed by atoms with E-state index in [-0.39, 0.29) is 18.7 Å². The molecule has 1 fully saturated rings. The molecule has 0 bridgehead atoms. The number of carbonyl (C=O) groups is 2. The van der Waals surface area contributed by atoms with E-state index in [4.69, 9.17) is 5.11 Å². The van der Waals surface area contributed by atoms with Gasteiger partial charge in [-0.2, -0.15) is 12.7 Å². The van der Waals surface area contributed by atoms with Crippen LogP contribution in [0.4, 0.5) is 0 Å². The maximum absolute atomic E-state index is 11.7. The summed E-state index contributed by atoms with van der Waals surface area (Å²) in [6, 6.07) is 10.6. The molecule has 0 spiro atoms. The standard InChI is InChI=1S/C17H19N3O5S2/c21-16-11-20(27(24,25)19-16)10-15-6-5-14(26-15)9-18-8-7-12-1-3-13(4-2-12)17(22)23/h1-6,18H,7-11H2,(H,19,21)(H,22,23). The van der Waals surface area contributed by atoms with E-state index in [9.17, 15) is 18.0 Å². The fraction of sp³-hybridized carbons (Fsp3) is 0.294. The van der Waals surface area contributed by atoms with Crippen molar-refractivity contribution < 1.29 is 23.1 Å². The van der Waals surface area contributed by atoms with E-state index in [1.54, 1.807) is 24.3 Å². The predicted octanol–water partition coefficient (Wildman–Crippen LogP) is 0.955. The highest BCUT2D eigenvalue weighted by atomic mass is 32.2. The van der Waals surface area contributed by atoms with Crippen molar-refractivity contribution in [3.05, 3.63) is 57.3 Å². The van der Waals surface area contributed by atoms with Crippen LogP contribution < -0.4 is 10.0 Å². The van der Waals surface area contributed by atoms with Gasteiger partial charge in [-0.15, -0.1) is 11.3 Å². The SMILES string of the molecule is O=C1CN(Cc2ccc(CNCCc3ccc(C(=O)O)cc3)s2)S(=O)(=O)N1. The minimum absolute atomic E-state index is 0.144. The number of rotatable bonds is 8. The number of thiophene rings is 1. The second kappa shape index (κ2) is 8.17. The molecule has 144 valence electrons. The van der Waals surface area contributed by atoms with E-state index in [2.05, 4.69) is 5.32 Å². The summed E-state index contributed by atoms with van der Waals surface area (Å²) in [5, 5.41) is 12.2. The van der Waals surface area contributed by atoms with Crippen LogP contribution in [0.3, 0.4) is 0 Å². The number of carboxylic acids is 1. The molecule has 0 saturated carbocycles. The van der Waals surface area contributed by atoms with Crippen molar-refractivity contribution in [1.29, 1.82) is 0 Å². The minimum atomic E-state index is -3.70. The Hall–Kier alpha value is -2.27. The van der Waals surface area contributed by atoms with Gasteiger partial charge in [0.1, 0.15) is 0 Å². The quantitative estimate of drug-likeness (QED) is 0.559. The Morgan fingerprint density at radius 1 is 1.19 bits per heavy atom. The van der Waals surface area contributed by atoms with Gasteiger partial charge < -0.3 is 10.4 Å². The molecule has 1 amide bonds. The van der Waals surface area contributed by atoms with Crippen molar-refractivity contribution in [2.75, 3.05) is 13.1 Å². The summed E-state index contributed by atoms with van der Waals surface area (Å²) in [4.78, 5) is 24.0. The maximum Gasteiger partial charge on any atom is 0.335 e. The van der Waals surface area contributed by atoms with Crippen molar-refractivity contribution in [2.24, 2.45) is 0 Å². The number of aromatic carboxylic acids is 1. The molecule has 1 aliphatic rings. The number of hydrogen-bond acceptors (Lipinski definition) is 6. The fourth-order valence-electron chi connectivity index (χ4n) is 2.66. The molecule has 3 N–H and O–H groups in total. The Balaban J connectivity index is 1.44. The maximum atomic E-state index is 11.7. The zero-order valence-corrected chi connectivity index (χ0v) is 16.0. The Morgan fingerprint density at radius 2 is 1.89 bits per heavy atom. The first kappa shape index (κ1) is 19.5. The molecule has 1 aromatic carbocycles. The Labute approximate surface area is 161 Å². The predicted molar refractivity (Wildman–Crippen MR) is 101 cm³/mol. The van der Waals surface area contributed by atoms with Crippen molar-refractivity contribution in [1.82, 2.24) is 14.3 Å². The first-order chi connectivity index (χ1) is 12.8. The normalized spacial score (nSPS) is 16.4. The number of nitrogens with zero attached hydrogens (tertiary/aromatic N) is 1. The lowest BCUT2D eigenvalue weighted by Crippen LogP contribution is -2.28. The second-order valence-corrected chi connectivity index (χ2v) is 9.02. The molecule has 27 heavy (non-hydrogen) atoms. The number of hydrogen-bond donors (Lipinski definition) is 3. The third kappa shape index (κ3) is 5.13. The van der Waals surface area contributed by atoms with Crippen molar-refractivity contribution in [3.8, 4) is 0 Å². The summed E-state index contributed by atoms with van der Waals surface area (Å²) in [7, 11) is -3.70. The van der Waals surface area contributed by atoms with Gasteiger partial charge in [0.05, 0.1) is 18.7 Å². The average molecular weight is 409 g/mol. The van der Waals surface area contributed by atoms with E-state index >= 15 is 0 Å². The van der Waals surface area contributed by atoms with Crippen LogP contribution in [-0.4, -0.2) is 42.8 Å². The first-order valence-electron chi connectivity index (χ1n) is 8.25. The van der Waals surface area contributed by atoms with Gasteiger partial charge in [-0.3, -0.25) is 4.79 Å². The van der Waals surface area contributed by atoms with Crippen LogP contribution in [0.15, 0.2) is 36.4 Å². The third-order valence-electron chi connectivity index (χ3n) is 4.04. The second-order valence-electron chi connectivity index (χ2n) is 6.10. The highest BCUT2D eigenvalue weighted by Gasteiger charge is 2.33. The van der Waals surface area contributed by atoms with Gasteiger partial charge in [-0.1, -0.05) is 12.1 Å². The van der Waals surface area contributed by atoms with E-state index in [0.29, 0.717) is 6.54 Å². The van der Waals surface area contributed by atoms with Gasteiger partial charge >= 0.3 is 16.2 Å². The summed E-state index contributed by atoms with van der Waals surface area (Å²) in [5.74, 6) is -1.44. The lowest BCUT2D eigenvalue weighted by atomic mass is 10.1. The van der Waals surface area contributed by atoms with E-state index < -0.39 is 22.1 Å². The van der Waals surface area contributed by atoms with Crippen LogP contribution in [0.5, 0.6) is 0 Å². The van der Waals surface area contributed by atoms with Crippen LogP contribution >= 0.6 is 11.3 Å². The van der Waals surface area contributed by atoms with E-state index in [1.165, 1.54) is 11.3 Å². The lowest BCUT2D eigenvalue weighted by Gasteiger charge is -2.10. The Kier molecular flexibility index (Phi) is 5.90. The summed E-state index contributed by atoms with van der Waals surface area (Å²) >= 11 is 1.50. The number of carboxylic acid groups (broad SMARTS) is 1. The summed E-state index contributed by atoms with van der Waals surface area (Å²) in [5.41, 5.74) is 1.32. The largest absolute Gasteiger partial charge is 0.478 e. The van der Waals surface area contributed by atoms with Crippen molar-refractivity contribution >= 4 is 33.4 Å². The van der Waals surface area contributed by atoms with Crippen LogP contribution in [0, 0.1) is 0 Å². The van der Waals surface area contributed by atoms with Crippen LogP contribution in [0.25, 0.3) is 0 Å². The molecule has 1 aromatic heterocycles. The van der Waals surface area contributed by atoms with Gasteiger partial charge in [0.25, 0.3) is 0 Å². The van der Waals surface area contributed by atoms with Crippen molar-refractivity contribution in [3.63, 3.8) is 0 Å². The van der Waals surface area contributed by atoms with Crippen LogP contribution in [0.2, 0.25) is 0 Å². The van der Waals surface area contributed by atoms with Gasteiger partial charge in [-0.25, -0.2) is 9.52 Å². The fourth-order valence-corrected chi connectivity index (χ4v) is 4.82. The third-order valence-corrected chi connectivity index (χ3v) is 6.54. The summed E-state index contributed by atoms with van der Waals surface area (Å²) in [6.45, 7) is 1.43. The number of benzene rings is 1. The summed E-state index contributed by atoms with van der Waals surface area (Å²) < 4.78 is 26.6. The van der Waals surface area contributed by atoms with Crippen LogP contribution in [0.1, 0.15) is 25.7 Å². The molecule has 8 nitrogen and oxygen atoms in total. The topological polar surface area (TPSA) is 116 Å². The molecule has 10 heteroatoms. The number of nitrogens with one attached hydrogen (secondary N) is 2. The van der Waals surface area contributed by atoms with Gasteiger partial charge in [-0.05, 0) is 42.8 Å². The molecule has 0 radical (unpaired) electrons. The zero-order valence-electron chi connectivity index (χ0n) is 14.3. The average Bonchev–Trinajstić information content (AvgIpc) is 3.15. The number of carbonyl (C=O) groups excluding carboxylic acids is 1. The summed E-state index contributed by atoms with van der Waals surface area (Å²) in [6.07, 6.45) is 0.776. The molecular weight excluding hydrogens is 390 g/mol. The lowest BCUT2D eigenvalue weighted by molar-refractivity contribution is -0.118. The van der Waals surface area contributed by atoms with E-state index in [0.717, 1.165) is 32.6 Å². The zero-order chi connectivity index (χ0) is 19.4. The molecule has 2 aromatic rings. The van der Waals surface area contributed by atoms with Crippen LogP contribution in [-0.2, 0) is 34.5 Å². The number of amides is 1. The smallest absolute Gasteiger partial charge is 0.335 e. The first-order valence-corrected chi connectivity index (χ1v) is 10.5. The molecule has 0 unspecified atom stereocenters. The van der Waals surface area contributed by atoms with Crippen molar-refractivity contribution in [2.45, 2.75) is 19.5 Å². The molecule has 1 saturated heterocycles. The van der Waals surface area contributed by atoms with E-state index in [1.807, 2.05) is 16.9 Å². The monoisotopic (exact) mass is 409 g/mol. The minimum Gasteiger partial charge on any atom is -0.478 e. The van der Waals surface area contributed by atoms with Gasteiger partial charge in [0.15, 0.2) is 0 Å². The molecule has 1 aliphatic heterocycles. The molecule has 0 atom stereocenters. The molecule has 0 aliphatic carbocycles. The Morgan fingerprint density at radius 3 is 2.52 bits per heavy atom. The molecular formula is C17H19N3O5S2. The van der Waals surface area contributed by atoms with Gasteiger partial charge in [0, 0.05) is 16.3 Å². The van der Waals surface area contributed by atoms with Gasteiger partial charge in [0.2, 0.25) is 5.91 Å². The highest BCUT2D eigenvalue weighted by Crippen LogP contribution is 2.20. The molecule has 2 heterocycles. The highest BCUT2D eigenvalue weighted by molar-refractivity contribution is 7.88. The molecule has 3 rings (SSSR count).